The largest absolute Gasteiger partial charge is 0.489 e. The van der Waals surface area contributed by atoms with E-state index in [4.69, 9.17) is 9.72 Å². The summed E-state index contributed by atoms with van der Waals surface area (Å²) in [5.41, 5.74) is 2.94. The van der Waals surface area contributed by atoms with E-state index in [1.807, 2.05) is 26.1 Å². The van der Waals surface area contributed by atoms with Crippen LogP contribution in [-0.4, -0.2) is 52.1 Å². The number of hydrogen-bond acceptors (Lipinski definition) is 9. The van der Waals surface area contributed by atoms with Crippen molar-refractivity contribution in [1.29, 1.82) is 0 Å². The first-order valence-electron chi connectivity index (χ1n) is 11.7. The lowest BCUT2D eigenvalue weighted by atomic mass is 9.87. The highest BCUT2D eigenvalue weighted by Gasteiger charge is 2.29. The maximum Gasteiger partial charge on any atom is 0.306 e. The Morgan fingerprint density at radius 3 is 2.82 bits per heavy atom. The van der Waals surface area contributed by atoms with Crippen LogP contribution in [0.4, 0.5) is 5.95 Å². The number of aliphatic carboxylic acids is 1. The molecule has 0 bridgehead atoms. The standard InChI is InChI=1S/C23H28N8O3/c1-13-19(34-16-5-3-4-15(10-16)22(32)33)9-8-17(27-13)20-18(31(2)30-29-20)11-24-23-26-12-25-21(28-23)14-6-7-14/h8-9,12,14-16H,3-7,10-11H2,1-2H3,(H,32,33)(H,24,25,26,28)/t15-,16-/m0/s1. The fourth-order valence-corrected chi connectivity index (χ4v) is 4.33. The minimum absolute atomic E-state index is 0.113. The summed E-state index contributed by atoms with van der Waals surface area (Å²) < 4.78 is 7.84. The van der Waals surface area contributed by atoms with Gasteiger partial charge in [0.15, 0.2) is 0 Å². The van der Waals surface area contributed by atoms with Gasteiger partial charge in [-0.3, -0.25) is 4.79 Å². The second kappa shape index (κ2) is 9.32. The molecule has 0 amide bonds. The Bertz CT molecular complexity index is 1190. The van der Waals surface area contributed by atoms with Gasteiger partial charge >= 0.3 is 5.97 Å². The Morgan fingerprint density at radius 1 is 1.21 bits per heavy atom. The molecule has 0 spiro atoms. The van der Waals surface area contributed by atoms with E-state index in [9.17, 15) is 9.90 Å². The normalized spacial score (nSPS) is 20.2. The van der Waals surface area contributed by atoms with Crippen LogP contribution in [-0.2, 0) is 18.4 Å². The van der Waals surface area contributed by atoms with Gasteiger partial charge in [-0.1, -0.05) is 5.21 Å². The van der Waals surface area contributed by atoms with Crippen molar-refractivity contribution in [1.82, 2.24) is 34.9 Å². The van der Waals surface area contributed by atoms with Gasteiger partial charge in [0.1, 0.15) is 23.6 Å². The number of carbonyl (C=O) groups is 1. The Labute approximate surface area is 197 Å². The Kier molecular flexibility index (Phi) is 6.08. The van der Waals surface area contributed by atoms with E-state index < -0.39 is 5.97 Å². The first-order chi connectivity index (χ1) is 16.5. The van der Waals surface area contributed by atoms with E-state index in [1.54, 1.807) is 11.0 Å². The van der Waals surface area contributed by atoms with E-state index in [2.05, 4.69) is 30.6 Å². The molecular formula is C23H28N8O3. The van der Waals surface area contributed by atoms with Crippen LogP contribution in [0, 0.1) is 12.8 Å². The van der Waals surface area contributed by atoms with Crippen LogP contribution in [0.3, 0.4) is 0 Å². The van der Waals surface area contributed by atoms with Gasteiger partial charge in [0, 0.05) is 13.0 Å². The monoisotopic (exact) mass is 464 g/mol. The lowest BCUT2D eigenvalue weighted by molar-refractivity contribution is -0.143. The first kappa shape index (κ1) is 22.2. The molecule has 34 heavy (non-hydrogen) atoms. The molecule has 3 aromatic heterocycles. The van der Waals surface area contributed by atoms with Crippen LogP contribution in [0.5, 0.6) is 5.75 Å². The second-order valence-electron chi connectivity index (χ2n) is 9.03. The molecule has 0 saturated heterocycles. The van der Waals surface area contributed by atoms with Gasteiger partial charge in [0.25, 0.3) is 0 Å². The van der Waals surface area contributed by atoms with E-state index >= 15 is 0 Å². The molecule has 0 unspecified atom stereocenters. The van der Waals surface area contributed by atoms with Crippen LogP contribution < -0.4 is 10.1 Å². The summed E-state index contributed by atoms with van der Waals surface area (Å²) in [5.74, 6) is 1.40. The lowest BCUT2D eigenvalue weighted by Crippen LogP contribution is -2.29. The Hall–Kier alpha value is -3.63. The SMILES string of the molecule is Cc1nc(-c2nnn(C)c2CNc2ncnc(C3CC3)n2)ccc1O[C@H]1CCC[C@H](C(=O)O)C1. The third-order valence-corrected chi connectivity index (χ3v) is 6.44. The van der Waals surface area contributed by atoms with Gasteiger partial charge < -0.3 is 15.2 Å². The molecule has 5 rings (SSSR count). The summed E-state index contributed by atoms with van der Waals surface area (Å²) >= 11 is 0. The summed E-state index contributed by atoms with van der Waals surface area (Å²) in [6.45, 7) is 2.32. The van der Waals surface area contributed by atoms with Crippen molar-refractivity contribution in [3.8, 4) is 17.1 Å². The van der Waals surface area contributed by atoms with Crippen molar-refractivity contribution < 1.29 is 14.6 Å². The number of pyridine rings is 1. The van der Waals surface area contributed by atoms with Crippen molar-refractivity contribution in [2.75, 3.05) is 5.32 Å². The molecule has 0 aliphatic heterocycles. The smallest absolute Gasteiger partial charge is 0.306 e. The third-order valence-electron chi connectivity index (χ3n) is 6.44. The van der Waals surface area contributed by atoms with Crippen molar-refractivity contribution in [3.05, 3.63) is 35.7 Å². The minimum atomic E-state index is -0.747. The highest BCUT2D eigenvalue weighted by atomic mass is 16.5. The zero-order valence-corrected chi connectivity index (χ0v) is 19.3. The number of carboxylic acids is 1. The molecular weight excluding hydrogens is 436 g/mol. The molecule has 11 nitrogen and oxygen atoms in total. The van der Waals surface area contributed by atoms with Gasteiger partial charge in [0.05, 0.1) is 35.6 Å². The first-order valence-corrected chi connectivity index (χ1v) is 11.7. The van der Waals surface area contributed by atoms with Crippen LogP contribution in [0.25, 0.3) is 11.4 Å². The summed E-state index contributed by atoms with van der Waals surface area (Å²) in [7, 11) is 1.84. The molecule has 2 atom stereocenters. The Morgan fingerprint density at radius 2 is 2.06 bits per heavy atom. The van der Waals surface area contributed by atoms with Crippen molar-refractivity contribution in [2.45, 2.75) is 64.0 Å². The number of aromatic nitrogens is 7. The zero-order chi connectivity index (χ0) is 23.7. The molecule has 178 valence electrons. The molecule has 11 heteroatoms. The highest BCUT2D eigenvalue weighted by molar-refractivity contribution is 5.70. The lowest BCUT2D eigenvalue weighted by Gasteiger charge is -2.27. The average molecular weight is 465 g/mol. The molecule has 2 saturated carbocycles. The number of ether oxygens (including phenoxy) is 1. The van der Waals surface area contributed by atoms with Gasteiger partial charge in [-0.25, -0.2) is 19.6 Å². The topological polar surface area (TPSA) is 141 Å². The van der Waals surface area contributed by atoms with E-state index in [0.717, 1.165) is 42.9 Å². The van der Waals surface area contributed by atoms with Gasteiger partial charge in [-0.2, -0.15) is 4.98 Å². The molecule has 3 aromatic rings. The predicted molar refractivity (Wildman–Crippen MR) is 122 cm³/mol. The van der Waals surface area contributed by atoms with E-state index in [1.165, 1.54) is 0 Å². The fourth-order valence-electron chi connectivity index (χ4n) is 4.33. The third kappa shape index (κ3) is 4.82. The maximum absolute atomic E-state index is 11.3. The molecule has 0 radical (unpaired) electrons. The van der Waals surface area contributed by atoms with E-state index in [-0.39, 0.29) is 12.0 Å². The van der Waals surface area contributed by atoms with Crippen LogP contribution in [0.1, 0.15) is 61.7 Å². The Balaban J connectivity index is 1.29. The number of nitrogens with zero attached hydrogens (tertiary/aromatic N) is 7. The fraction of sp³-hybridized carbons (Fsp3) is 0.522. The van der Waals surface area contributed by atoms with Crippen molar-refractivity contribution in [2.24, 2.45) is 13.0 Å². The number of carboxylic acid groups (broad SMARTS) is 1. The predicted octanol–water partition coefficient (Wildman–Crippen LogP) is 2.88. The van der Waals surface area contributed by atoms with Gasteiger partial charge in [-0.15, -0.1) is 5.10 Å². The number of rotatable bonds is 8. The number of aryl methyl sites for hydroxylation is 2. The molecule has 2 aliphatic rings. The minimum Gasteiger partial charge on any atom is -0.489 e. The zero-order valence-electron chi connectivity index (χ0n) is 19.3. The van der Waals surface area contributed by atoms with Crippen LogP contribution in [0.15, 0.2) is 18.5 Å². The molecule has 2 N–H and O–H groups in total. The summed E-state index contributed by atoms with van der Waals surface area (Å²) in [4.78, 5) is 29.1. The highest BCUT2D eigenvalue weighted by Crippen LogP contribution is 2.38. The molecule has 3 heterocycles. The van der Waals surface area contributed by atoms with Crippen molar-refractivity contribution in [3.63, 3.8) is 0 Å². The second-order valence-corrected chi connectivity index (χ2v) is 9.03. The molecule has 0 aromatic carbocycles. The van der Waals surface area contributed by atoms with E-state index in [0.29, 0.717) is 48.4 Å². The maximum atomic E-state index is 11.3. The van der Waals surface area contributed by atoms with Crippen LogP contribution in [0.2, 0.25) is 0 Å². The number of anilines is 1. The average Bonchev–Trinajstić information content (AvgIpc) is 3.62. The van der Waals surface area contributed by atoms with Crippen molar-refractivity contribution >= 4 is 11.9 Å². The quantitative estimate of drug-likeness (QED) is 0.511. The van der Waals surface area contributed by atoms with Crippen LogP contribution >= 0.6 is 0 Å². The number of hydrogen-bond donors (Lipinski definition) is 2. The molecule has 2 fully saturated rings. The summed E-state index contributed by atoms with van der Waals surface area (Å²) in [6, 6.07) is 3.74. The van der Waals surface area contributed by atoms with Gasteiger partial charge in [-0.05, 0) is 57.6 Å². The van der Waals surface area contributed by atoms with Gasteiger partial charge in [0.2, 0.25) is 5.95 Å². The summed E-state index contributed by atoms with van der Waals surface area (Å²) in [5, 5.41) is 21.1. The summed E-state index contributed by atoms with van der Waals surface area (Å²) in [6.07, 6.45) is 6.63. The number of nitrogens with one attached hydrogen (secondary N) is 1. The molecule has 2 aliphatic carbocycles.